The SMILES string of the molecule is COc1ccc(CN2CCC3(CCN(c4ccc(-c5cc(OCCN6C7CCC6COC7)cn6ncc(C#N)c56)cn4)CC3)C2)cn1. The number of rotatable bonds is 9. The Kier molecular flexibility index (Phi) is 8.17. The Morgan fingerprint density at radius 1 is 1.00 bits per heavy atom. The van der Waals surface area contributed by atoms with E-state index in [1.807, 2.05) is 30.7 Å². The quantitative estimate of drug-likeness (QED) is 0.263. The summed E-state index contributed by atoms with van der Waals surface area (Å²) in [7, 11) is 1.65. The highest BCUT2D eigenvalue weighted by atomic mass is 16.5. The lowest BCUT2D eigenvalue weighted by atomic mass is 9.78. The molecule has 4 aliphatic heterocycles. The minimum absolute atomic E-state index is 0.374. The molecule has 0 aliphatic carbocycles. The van der Waals surface area contributed by atoms with Crippen LogP contribution in [0.3, 0.4) is 0 Å². The third-order valence-electron chi connectivity index (χ3n) is 10.9. The van der Waals surface area contributed by atoms with Crippen LogP contribution in [0.4, 0.5) is 5.82 Å². The van der Waals surface area contributed by atoms with Crippen LogP contribution in [-0.2, 0) is 11.3 Å². The molecule has 1 spiro atoms. The van der Waals surface area contributed by atoms with Crippen molar-refractivity contribution in [2.45, 2.75) is 50.7 Å². The van der Waals surface area contributed by atoms with Gasteiger partial charge in [-0.3, -0.25) is 9.80 Å². The van der Waals surface area contributed by atoms with E-state index in [0.717, 1.165) is 80.7 Å². The lowest BCUT2D eigenvalue weighted by molar-refractivity contribution is -0.0190. The van der Waals surface area contributed by atoms with Gasteiger partial charge in [0, 0.05) is 74.4 Å². The van der Waals surface area contributed by atoms with Gasteiger partial charge in [-0.15, -0.1) is 0 Å². The average Bonchev–Trinajstić information content (AvgIpc) is 3.77. The van der Waals surface area contributed by atoms with Crippen molar-refractivity contribution in [2.24, 2.45) is 5.41 Å². The molecule has 4 fully saturated rings. The number of nitrogens with zero attached hydrogens (tertiary/aromatic N) is 8. The molecule has 4 saturated heterocycles. The monoisotopic (exact) mass is 634 g/mol. The third-order valence-corrected chi connectivity index (χ3v) is 10.9. The fourth-order valence-corrected chi connectivity index (χ4v) is 8.22. The molecule has 4 aromatic heterocycles. The molecule has 8 rings (SSSR count). The average molecular weight is 635 g/mol. The molecule has 0 aromatic carbocycles. The molecule has 0 amide bonds. The minimum atomic E-state index is 0.374. The van der Waals surface area contributed by atoms with Crippen LogP contribution >= 0.6 is 0 Å². The number of methoxy groups -OCH3 is 1. The summed E-state index contributed by atoms with van der Waals surface area (Å²) >= 11 is 0. The second-order valence-corrected chi connectivity index (χ2v) is 13.6. The van der Waals surface area contributed by atoms with E-state index in [1.54, 1.807) is 17.8 Å². The van der Waals surface area contributed by atoms with Crippen LogP contribution in [0.25, 0.3) is 16.6 Å². The Morgan fingerprint density at radius 3 is 2.55 bits per heavy atom. The van der Waals surface area contributed by atoms with Crippen molar-refractivity contribution >= 4 is 11.3 Å². The number of morpholine rings is 1. The maximum absolute atomic E-state index is 9.83. The number of aromatic nitrogens is 4. The summed E-state index contributed by atoms with van der Waals surface area (Å²) in [5.41, 5.74) is 4.77. The maximum atomic E-state index is 9.83. The summed E-state index contributed by atoms with van der Waals surface area (Å²) in [6, 6.07) is 13.6. The van der Waals surface area contributed by atoms with E-state index in [4.69, 9.17) is 19.2 Å². The van der Waals surface area contributed by atoms with Crippen LogP contribution in [-0.4, -0.2) is 101 Å². The normalized spacial score (nSPS) is 22.6. The van der Waals surface area contributed by atoms with Crippen molar-refractivity contribution in [2.75, 3.05) is 64.6 Å². The number of fused-ring (bicyclic) bond motifs is 3. The molecule has 0 saturated carbocycles. The second kappa shape index (κ2) is 12.8. The van der Waals surface area contributed by atoms with E-state index in [-0.39, 0.29) is 0 Å². The van der Waals surface area contributed by atoms with Crippen LogP contribution < -0.4 is 14.4 Å². The zero-order valence-corrected chi connectivity index (χ0v) is 27.1. The van der Waals surface area contributed by atoms with Crippen molar-refractivity contribution < 1.29 is 14.2 Å². The second-order valence-electron chi connectivity index (χ2n) is 13.6. The van der Waals surface area contributed by atoms with Gasteiger partial charge in [0.05, 0.1) is 43.8 Å². The molecule has 47 heavy (non-hydrogen) atoms. The summed E-state index contributed by atoms with van der Waals surface area (Å²) in [5.74, 6) is 2.40. The summed E-state index contributed by atoms with van der Waals surface area (Å²) < 4.78 is 19.0. The molecule has 2 bridgehead atoms. The van der Waals surface area contributed by atoms with Crippen LogP contribution in [0.5, 0.6) is 11.6 Å². The molecular weight excluding hydrogens is 592 g/mol. The highest BCUT2D eigenvalue weighted by molar-refractivity contribution is 5.85. The van der Waals surface area contributed by atoms with Crippen LogP contribution in [0, 0.1) is 16.7 Å². The number of ether oxygens (including phenoxy) is 3. The number of piperidine rings is 1. The Labute approximate surface area is 275 Å². The summed E-state index contributed by atoms with van der Waals surface area (Å²) in [4.78, 5) is 16.8. The summed E-state index contributed by atoms with van der Waals surface area (Å²) in [6.45, 7) is 8.31. The van der Waals surface area contributed by atoms with Crippen molar-refractivity contribution in [1.29, 1.82) is 5.26 Å². The molecule has 0 N–H and O–H groups in total. The van der Waals surface area contributed by atoms with Crippen molar-refractivity contribution in [1.82, 2.24) is 29.4 Å². The van der Waals surface area contributed by atoms with Crippen LogP contribution in [0.15, 0.2) is 55.1 Å². The van der Waals surface area contributed by atoms with E-state index < -0.39 is 0 Å². The molecule has 4 aromatic rings. The molecule has 4 aliphatic rings. The van der Waals surface area contributed by atoms with Gasteiger partial charge in [-0.2, -0.15) is 10.4 Å². The number of nitriles is 1. The zero-order chi connectivity index (χ0) is 31.8. The van der Waals surface area contributed by atoms with Crippen molar-refractivity contribution in [3.63, 3.8) is 0 Å². The first-order chi connectivity index (χ1) is 23.1. The fourth-order valence-electron chi connectivity index (χ4n) is 8.22. The topological polar surface area (TPSA) is 104 Å². The van der Waals surface area contributed by atoms with Crippen molar-refractivity contribution in [3.05, 3.63) is 66.2 Å². The van der Waals surface area contributed by atoms with Crippen LogP contribution in [0.2, 0.25) is 0 Å². The Morgan fingerprint density at radius 2 is 1.83 bits per heavy atom. The van der Waals surface area contributed by atoms with Crippen molar-refractivity contribution in [3.8, 4) is 28.8 Å². The van der Waals surface area contributed by atoms with Gasteiger partial charge < -0.3 is 19.1 Å². The van der Waals surface area contributed by atoms with E-state index in [1.165, 1.54) is 37.7 Å². The highest BCUT2D eigenvalue weighted by Gasteiger charge is 2.41. The predicted octanol–water partition coefficient (Wildman–Crippen LogP) is 4.41. The van der Waals surface area contributed by atoms with Gasteiger partial charge in [-0.05, 0) is 67.8 Å². The largest absolute Gasteiger partial charge is 0.491 e. The molecule has 8 heterocycles. The van der Waals surface area contributed by atoms with E-state index in [9.17, 15) is 5.26 Å². The fraction of sp³-hybridized carbons (Fsp3) is 0.500. The Hall–Kier alpha value is -4.24. The van der Waals surface area contributed by atoms with Gasteiger partial charge in [-0.25, -0.2) is 14.5 Å². The number of hydrogen-bond donors (Lipinski definition) is 0. The van der Waals surface area contributed by atoms with E-state index in [0.29, 0.717) is 35.5 Å². The maximum Gasteiger partial charge on any atom is 0.212 e. The summed E-state index contributed by atoms with van der Waals surface area (Å²) in [5, 5.41) is 14.3. The van der Waals surface area contributed by atoms with Gasteiger partial charge in [-0.1, -0.05) is 6.07 Å². The number of anilines is 1. The predicted molar refractivity (Wildman–Crippen MR) is 178 cm³/mol. The number of pyridine rings is 3. The first-order valence-electron chi connectivity index (χ1n) is 16.9. The third kappa shape index (κ3) is 6.02. The van der Waals surface area contributed by atoms with Crippen LogP contribution in [0.1, 0.15) is 43.2 Å². The number of hydrogen-bond acceptors (Lipinski definition) is 10. The van der Waals surface area contributed by atoms with E-state index in [2.05, 4.69) is 49.1 Å². The smallest absolute Gasteiger partial charge is 0.212 e. The lowest BCUT2D eigenvalue weighted by Crippen LogP contribution is -2.47. The zero-order valence-electron chi connectivity index (χ0n) is 27.1. The van der Waals surface area contributed by atoms with Gasteiger partial charge in [0.1, 0.15) is 24.2 Å². The Bertz CT molecular complexity index is 1730. The van der Waals surface area contributed by atoms with Gasteiger partial charge in [0.2, 0.25) is 5.88 Å². The Balaban J connectivity index is 0.921. The number of likely N-dealkylation sites (tertiary alicyclic amines) is 1. The molecule has 2 unspecified atom stereocenters. The van der Waals surface area contributed by atoms with Gasteiger partial charge in [0.15, 0.2) is 0 Å². The summed E-state index contributed by atoms with van der Waals surface area (Å²) in [6.07, 6.45) is 13.3. The molecule has 11 heteroatoms. The lowest BCUT2D eigenvalue weighted by Gasteiger charge is -2.40. The first kappa shape index (κ1) is 30.1. The molecule has 11 nitrogen and oxygen atoms in total. The van der Waals surface area contributed by atoms with Gasteiger partial charge in [0.25, 0.3) is 0 Å². The minimum Gasteiger partial charge on any atom is -0.491 e. The standard InChI is InChI=1S/C36H42N8O3/c1-45-34-7-2-26(18-39-34)21-41-11-8-36(25-41)9-12-42(13-10-36)33-6-3-27(19-38-33)32-16-31(22-44-35(32)28(17-37)20-40-44)47-15-14-43-29-4-5-30(43)24-46-23-29/h2-3,6-7,16,18-20,22,29-30H,4-5,8-15,21,23-25H2,1H3. The van der Waals surface area contributed by atoms with Gasteiger partial charge >= 0.3 is 0 Å². The first-order valence-corrected chi connectivity index (χ1v) is 16.9. The molecule has 0 radical (unpaired) electrons. The molecular formula is C36H42N8O3. The molecule has 244 valence electrons. The van der Waals surface area contributed by atoms with E-state index >= 15 is 0 Å². The highest BCUT2D eigenvalue weighted by Crippen LogP contribution is 2.42. The molecule has 2 atom stereocenters.